The molecule has 4 aromatic rings. The number of benzene rings is 4. The first kappa shape index (κ1) is 51.4. The molecule has 4 aromatic carbocycles. The third-order valence-electron chi connectivity index (χ3n) is 14.0. The molecular weight excluding hydrogens is 955 g/mol. The highest BCUT2D eigenvalue weighted by Crippen LogP contribution is 2.46. The summed E-state index contributed by atoms with van der Waals surface area (Å²) < 4.78 is 23.5. The van der Waals surface area contributed by atoms with Crippen molar-refractivity contribution in [1.29, 1.82) is 0 Å². The van der Waals surface area contributed by atoms with Gasteiger partial charge in [0.15, 0.2) is 23.0 Å². The predicted octanol–water partition coefficient (Wildman–Crippen LogP) is 8.75. The summed E-state index contributed by atoms with van der Waals surface area (Å²) in [6.07, 6.45) is 15.1. The molecule has 0 aromatic heterocycles. The van der Waals surface area contributed by atoms with E-state index < -0.39 is 30.0 Å². The molecular formula is C58H61N7O10. The standard InChI is InChI=1S/C58H61N7O10/c1-7-14-36-23-38-29-60-47-27-51(49(72-5)25-44(47)56(68)63(38)31-36)74-21-13-22-75-52-28-48-45(26-50(52)73-6)57(69)64-32-37(24-39(64)30-61-48)15-12-20-59-54(66)35(4)62-55(67)53(34(2)3)65(58(70)71)33-46-42-18-10-8-16-40(42)41-17-9-11-19-43(41)46/h7-12,14-19,25-32,34-35,38-39,46,53H,13,20-24,33H2,1-6H3,(H,59,66)(H,62,67)(H,70,71)/b14-7+,15-12+/t35-,38-,39-,53-/m0/s1. The van der Waals surface area contributed by atoms with E-state index in [1.807, 2.05) is 79.9 Å². The Morgan fingerprint density at radius 1 is 0.733 bits per heavy atom. The molecule has 4 heterocycles. The number of hydrogen-bond donors (Lipinski definition) is 3. The number of allylic oxidation sites excluding steroid dienone is 3. The number of rotatable bonds is 19. The van der Waals surface area contributed by atoms with Gasteiger partial charge >= 0.3 is 6.09 Å². The van der Waals surface area contributed by atoms with Crippen LogP contribution in [-0.2, 0) is 9.59 Å². The van der Waals surface area contributed by atoms with Crippen LogP contribution in [0.15, 0.2) is 131 Å². The van der Waals surface area contributed by atoms with Gasteiger partial charge in [0.25, 0.3) is 11.8 Å². The van der Waals surface area contributed by atoms with Gasteiger partial charge < -0.3 is 44.5 Å². The number of nitrogens with one attached hydrogen (secondary N) is 2. The van der Waals surface area contributed by atoms with E-state index in [4.69, 9.17) is 23.9 Å². The first-order chi connectivity index (χ1) is 36.3. The molecule has 4 atom stereocenters. The summed E-state index contributed by atoms with van der Waals surface area (Å²) in [5, 5.41) is 16.1. The Kier molecular flexibility index (Phi) is 15.3. The van der Waals surface area contributed by atoms with Gasteiger partial charge in [0.1, 0.15) is 12.1 Å². The third-order valence-corrected chi connectivity index (χ3v) is 14.0. The highest BCUT2D eigenvalue weighted by Gasteiger charge is 2.39. The van der Waals surface area contributed by atoms with E-state index >= 15 is 0 Å². The van der Waals surface area contributed by atoms with Crippen LogP contribution in [-0.4, -0.2) is 127 Å². The molecule has 0 bridgehead atoms. The number of hydrogen-bond acceptors (Lipinski definition) is 11. The number of nitrogens with zero attached hydrogens (tertiary/aromatic N) is 5. The normalized spacial score (nSPS) is 18.0. The Labute approximate surface area is 435 Å². The maximum Gasteiger partial charge on any atom is 0.408 e. The average Bonchev–Trinajstić information content (AvgIpc) is 4.06. The number of carbonyl (C=O) groups is 5. The Morgan fingerprint density at radius 2 is 1.25 bits per heavy atom. The van der Waals surface area contributed by atoms with Gasteiger partial charge in [-0.25, -0.2) is 4.79 Å². The first-order valence-electron chi connectivity index (χ1n) is 25.2. The molecule has 75 heavy (non-hydrogen) atoms. The zero-order chi connectivity index (χ0) is 52.9. The van der Waals surface area contributed by atoms with Crippen molar-refractivity contribution in [1.82, 2.24) is 25.3 Å². The summed E-state index contributed by atoms with van der Waals surface area (Å²) in [6, 6.07) is 20.0. The molecule has 0 radical (unpaired) electrons. The number of carbonyl (C=O) groups excluding carboxylic acids is 4. The van der Waals surface area contributed by atoms with Crippen LogP contribution in [0.1, 0.15) is 84.7 Å². The summed E-state index contributed by atoms with van der Waals surface area (Å²) in [4.78, 5) is 81.3. The summed E-state index contributed by atoms with van der Waals surface area (Å²) in [7, 11) is 3.03. The van der Waals surface area contributed by atoms with E-state index in [-0.39, 0.29) is 62.0 Å². The minimum atomic E-state index is -1.22. The summed E-state index contributed by atoms with van der Waals surface area (Å²) in [6.45, 7) is 7.83. The second-order valence-corrected chi connectivity index (χ2v) is 19.3. The van der Waals surface area contributed by atoms with Crippen LogP contribution in [0.25, 0.3) is 11.1 Å². The van der Waals surface area contributed by atoms with Gasteiger partial charge in [0.2, 0.25) is 11.8 Å². The molecule has 0 spiro atoms. The lowest BCUT2D eigenvalue weighted by Gasteiger charge is -2.34. The van der Waals surface area contributed by atoms with Crippen molar-refractivity contribution in [2.24, 2.45) is 15.9 Å². The summed E-state index contributed by atoms with van der Waals surface area (Å²) >= 11 is 0. The Bertz CT molecular complexity index is 3060. The van der Waals surface area contributed by atoms with Crippen molar-refractivity contribution < 1.29 is 48.0 Å². The van der Waals surface area contributed by atoms with Crippen molar-refractivity contribution in [3.63, 3.8) is 0 Å². The molecule has 17 nitrogen and oxygen atoms in total. The van der Waals surface area contributed by atoms with Gasteiger partial charge in [-0.15, -0.1) is 0 Å². The lowest BCUT2D eigenvalue weighted by atomic mass is 9.94. The quantitative estimate of drug-likeness (QED) is 0.0763. The van der Waals surface area contributed by atoms with Gasteiger partial charge in [-0.1, -0.05) is 86.7 Å². The molecule has 1 aliphatic carbocycles. The van der Waals surface area contributed by atoms with E-state index in [9.17, 15) is 29.1 Å². The number of aliphatic imine (C=N–C) groups is 2. The predicted molar refractivity (Wildman–Crippen MR) is 285 cm³/mol. The molecule has 388 valence electrons. The van der Waals surface area contributed by atoms with E-state index in [2.05, 4.69) is 15.6 Å². The zero-order valence-corrected chi connectivity index (χ0v) is 42.8. The molecule has 4 aliphatic heterocycles. The van der Waals surface area contributed by atoms with Gasteiger partial charge in [0, 0.05) is 62.4 Å². The van der Waals surface area contributed by atoms with E-state index in [0.29, 0.717) is 64.8 Å². The number of fused-ring (bicyclic) bond motifs is 7. The summed E-state index contributed by atoms with van der Waals surface area (Å²) in [5.74, 6) is -0.411. The Hall–Kier alpha value is -8.47. The smallest absolute Gasteiger partial charge is 0.408 e. The second kappa shape index (κ2) is 22.3. The number of ether oxygens (including phenoxy) is 4. The number of methoxy groups -OCH3 is 2. The maximum atomic E-state index is 14.0. The van der Waals surface area contributed by atoms with Crippen LogP contribution in [0.4, 0.5) is 16.2 Å². The van der Waals surface area contributed by atoms with Crippen LogP contribution in [0, 0.1) is 5.92 Å². The molecule has 0 saturated heterocycles. The maximum absolute atomic E-state index is 14.0. The minimum Gasteiger partial charge on any atom is -0.493 e. The van der Waals surface area contributed by atoms with Gasteiger partial charge in [-0.3, -0.25) is 34.1 Å². The molecule has 9 rings (SSSR count). The average molecular weight is 1020 g/mol. The van der Waals surface area contributed by atoms with Crippen molar-refractivity contribution >= 4 is 53.5 Å². The highest BCUT2D eigenvalue weighted by atomic mass is 16.5. The van der Waals surface area contributed by atoms with E-state index in [1.165, 1.54) is 19.1 Å². The summed E-state index contributed by atoms with van der Waals surface area (Å²) in [5.41, 5.74) is 7.73. The third kappa shape index (κ3) is 10.7. The lowest BCUT2D eigenvalue weighted by Crippen LogP contribution is -2.56. The Morgan fingerprint density at radius 3 is 1.75 bits per heavy atom. The van der Waals surface area contributed by atoms with Crippen molar-refractivity contribution in [2.45, 2.75) is 77.0 Å². The van der Waals surface area contributed by atoms with Crippen LogP contribution in [0.5, 0.6) is 23.0 Å². The van der Waals surface area contributed by atoms with Crippen LogP contribution >= 0.6 is 0 Å². The fourth-order valence-corrected chi connectivity index (χ4v) is 10.3. The van der Waals surface area contributed by atoms with Gasteiger partial charge in [-0.2, -0.15) is 0 Å². The molecule has 0 saturated carbocycles. The molecule has 0 unspecified atom stereocenters. The van der Waals surface area contributed by atoms with Crippen LogP contribution < -0.4 is 29.6 Å². The van der Waals surface area contributed by atoms with Gasteiger partial charge in [-0.05, 0) is 78.1 Å². The molecule has 5 amide bonds. The van der Waals surface area contributed by atoms with E-state index in [1.54, 1.807) is 79.5 Å². The molecule has 17 heteroatoms. The van der Waals surface area contributed by atoms with Crippen molar-refractivity contribution in [3.05, 3.63) is 143 Å². The lowest BCUT2D eigenvalue weighted by molar-refractivity contribution is -0.132. The van der Waals surface area contributed by atoms with Crippen molar-refractivity contribution in [3.8, 4) is 34.1 Å². The minimum absolute atomic E-state index is 0.0701. The monoisotopic (exact) mass is 1020 g/mol. The molecule has 3 N–H and O–H groups in total. The fourth-order valence-electron chi connectivity index (χ4n) is 10.3. The highest BCUT2D eigenvalue weighted by molar-refractivity contribution is 6.05. The number of amides is 5. The van der Waals surface area contributed by atoms with Gasteiger partial charge in [0.05, 0.1) is 62.0 Å². The second-order valence-electron chi connectivity index (χ2n) is 19.3. The topological polar surface area (TPSA) is 201 Å². The number of carboxylic acid groups (broad SMARTS) is 1. The zero-order valence-electron chi connectivity index (χ0n) is 42.8. The first-order valence-corrected chi connectivity index (χ1v) is 25.2. The largest absolute Gasteiger partial charge is 0.493 e. The van der Waals surface area contributed by atoms with Crippen LogP contribution in [0.2, 0.25) is 0 Å². The van der Waals surface area contributed by atoms with Crippen molar-refractivity contribution in [2.75, 3.05) is 40.5 Å². The Balaban J connectivity index is 0.760. The molecule has 5 aliphatic rings. The SMILES string of the molecule is C/C=C/C1=CN2C(=O)c3cc(OC)c(OCCCOc4cc5c(cc4OC)C(=O)N4C=C(/C=C/CNC(=O)[C@H](C)NC(=O)[C@H](C(C)C)N(CC6c7ccccc7-c7ccccc76)C(=O)O)C[C@H]4C=N5)cc3N=C[C@@H]2C1. The van der Waals surface area contributed by atoms with E-state index in [0.717, 1.165) is 33.4 Å². The van der Waals surface area contributed by atoms with Crippen LogP contribution in [0.3, 0.4) is 0 Å². The molecule has 0 fully saturated rings. The fraction of sp³-hybridized carbons (Fsp3) is 0.328.